The highest BCUT2D eigenvalue weighted by Gasteiger charge is 2.16. The van der Waals surface area contributed by atoms with E-state index < -0.39 is 10.0 Å². The second-order valence-electron chi connectivity index (χ2n) is 5.93. The molecule has 0 bridgehead atoms. The molecule has 0 aliphatic rings. The summed E-state index contributed by atoms with van der Waals surface area (Å²) < 4.78 is 29.5. The number of amidine groups is 1. The zero-order valence-corrected chi connectivity index (χ0v) is 16.2. The predicted octanol–water partition coefficient (Wildman–Crippen LogP) is 4.49. The predicted molar refractivity (Wildman–Crippen MR) is 109 cm³/mol. The minimum absolute atomic E-state index is 0.132. The number of aryl methyl sites for hydroxylation is 1. The number of nitrogens with zero attached hydrogens (tertiary/aromatic N) is 2. The quantitative estimate of drug-likeness (QED) is 0.507. The smallest absolute Gasteiger partial charge is 0.283 e. The van der Waals surface area contributed by atoms with Crippen LogP contribution >= 0.6 is 11.6 Å². The Morgan fingerprint density at radius 1 is 1.04 bits per heavy atom. The zero-order chi connectivity index (χ0) is 19.3. The van der Waals surface area contributed by atoms with E-state index in [0.717, 1.165) is 11.1 Å². The molecule has 27 heavy (non-hydrogen) atoms. The van der Waals surface area contributed by atoms with Crippen molar-refractivity contribution in [1.82, 2.24) is 4.98 Å². The van der Waals surface area contributed by atoms with Crippen LogP contribution in [-0.4, -0.2) is 19.2 Å². The molecule has 2 aromatic carbocycles. The summed E-state index contributed by atoms with van der Waals surface area (Å²) in [5.41, 5.74) is 1.74. The molecule has 0 saturated heterocycles. The molecule has 0 saturated carbocycles. The van der Waals surface area contributed by atoms with E-state index >= 15 is 0 Å². The highest BCUT2D eigenvalue weighted by atomic mass is 35.5. The lowest BCUT2D eigenvalue weighted by Gasteiger charge is -2.11. The van der Waals surface area contributed by atoms with Crippen LogP contribution in [0.1, 0.15) is 11.1 Å². The Morgan fingerprint density at radius 2 is 1.74 bits per heavy atom. The number of halogens is 1. The van der Waals surface area contributed by atoms with E-state index in [9.17, 15) is 8.42 Å². The van der Waals surface area contributed by atoms with E-state index in [4.69, 9.17) is 11.6 Å². The molecule has 1 aromatic heterocycles. The van der Waals surface area contributed by atoms with Crippen molar-refractivity contribution in [3.05, 3.63) is 89.1 Å². The molecule has 0 radical (unpaired) electrons. The first kappa shape index (κ1) is 19.1. The number of hydrogen-bond donors (Lipinski definition) is 1. The maximum atomic E-state index is 12.7. The summed E-state index contributed by atoms with van der Waals surface area (Å²) in [6.07, 6.45) is 1.84. The lowest BCUT2D eigenvalue weighted by atomic mass is 10.1. The van der Waals surface area contributed by atoms with Gasteiger partial charge in [0.1, 0.15) is 11.7 Å². The third kappa shape index (κ3) is 5.15. The maximum absolute atomic E-state index is 12.7. The van der Waals surface area contributed by atoms with Gasteiger partial charge in [0.05, 0.1) is 4.90 Å². The van der Waals surface area contributed by atoms with E-state index in [1.807, 2.05) is 25.1 Å². The van der Waals surface area contributed by atoms with Gasteiger partial charge in [0.2, 0.25) is 0 Å². The molecule has 138 valence electrons. The summed E-state index contributed by atoms with van der Waals surface area (Å²) in [7, 11) is -3.87. The minimum atomic E-state index is -3.87. The van der Waals surface area contributed by atoms with Gasteiger partial charge in [-0.25, -0.2) is 4.98 Å². The van der Waals surface area contributed by atoms with Crippen molar-refractivity contribution in [2.24, 2.45) is 4.40 Å². The maximum Gasteiger partial charge on any atom is 0.283 e. The van der Waals surface area contributed by atoms with Gasteiger partial charge >= 0.3 is 0 Å². The summed E-state index contributed by atoms with van der Waals surface area (Å²) >= 11 is 6.23. The van der Waals surface area contributed by atoms with Crippen LogP contribution in [0.5, 0.6) is 0 Å². The first-order chi connectivity index (χ1) is 12.9. The molecule has 1 heterocycles. The molecule has 0 amide bonds. The number of rotatable bonds is 5. The molecule has 1 N–H and O–H groups in total. The number of nitrogens with one attached hydrogen (secondary N) is 1. The number of aromatic nitrogens is 1. The summed E-state index contributed by atoms with van der Waals surface area (Å²) in [6.45, 7) is 1.89. The average molecular weight is 400 g/mol. The Labute approximate surface area is 163 Å². The van der Waals surface area contributed by atoms with Crippen molar-refractivity contribution in [2.75, 3.05) is 5.32 Å². The van der Waals surface area contributed by atoms with Crippen molar-refractivity contribution in [1.29, 1.82) is 0 Å². The fourth-order valence-electron chi connectivity index (χ4n) is 2.41. The van der Waals surface area contributed by atoms with Gasteiger partial charge in [-0.1, -0.05) is 53.6 Å². The first-order valence-electron chi connectivity index (χ1n) is 8.26. The summed E-state index contributed by atoms with van der Waals surface area (Å²) in [4.78, 5) is 4.31. The van der Waals surface area contributed by atoms with Gasteiger partial charge in [-0.2, -0.15) is 8.42 Å². The topological polar surface area (TPSA) is 71.4 Å². The lowest BCUT2D eigenvalue weighted by Crippen LogP contribution is -2.18. The van der Waals surface area contributed by atoms with E-state index in [1.165, 1.54) is 0 Å². The molecule has 0 spiro atoms. The molecule has 0 unspecified atom stereocenters. The molecular formula is C20H18ClN3O2S. The second-order valence-corrected chi connectivity index (χ2v) is 7.95. The van der Waals surface area contributed by atoms with Crippen molar-refractivity contribution in [3.8, 4) is 0 Å². The summed E-state index contributed by atoms with van der Waals surface area (Å²) in [6, 6.07) is 19.1. The van der Waals surface area contributed by atoms with Crippen LogP contribution in [0, 0.1) is 6.92 Å². The third-order valence-electron chi connectivity index (χ3n) is 3.80. The Kier molecular flexibility index (Phi) is 5.88. The average Bonchev–Trinajstić information content (AvgIpc) is 2.64. The van der Waals surface area contributed by atoms with E-state index in [1.54, 1.807) is 54.7 Å². The second kappa shape index (κ2) is 8.33. The Morgan fingerprint density at radius 3 is 2.41 bits per heavy atom. The van der Waals surface area contributed by atoms with Crippen LogP contribution in [0.2, 0.25) is 5.02 Å². The van der Waals surface area contributed by atoms with Gasteiger partial charge in [0.15, 0.2) is 0 Å². The fraction of sp³-hybridized carbons (Fsp3) is 0.100. The molecule has 3 aromatic rings. The van der Waals surface area contributed by atoms with Gasteiger partial charge in [0, 0.05) is 17.6 Å². The minimum Gasteiger partial charge on any atom is -0.327 e. The van der Waals surface area contributed by atoms with Gasteiger partial charge in [-0.3, -0.25) is 0 Å². The SMILES string of the molecule is Cc1ccc(S(=O)(=O)N=C(Cc2ccccc2Cl)Nc2ccccn2)cc1. The highest BCUT2D eigenvalue weighted by Crippen LogP contribution is 2.19. The van der Waals surface area contributed by atoms with Crippen LogP contribution < -0.4 is 5.32 Å². The van der Waals surface area contributed by atoms with Crippen LogP contribution in [0.25, 0.3) is 0 Å². The number of pyridine rings is 1. The molecule has 0 aliphatic heterocycles. The van der Waals surface area contributed by atoms with Crippen LogP contribution in [0.3, 0.4) is 0 Å². The number of anilines is 1. The highest BCUT2D eigenvalue weighted by molar-refractivity contribution is 7.90. The Balaban J connectivity index is 1.98. The Hall–Kier alpha value is -2.70. The van der Waals surface area contributed by atoms with Crippen molar-refractivity contribution in [2.45, 2.75) is 18.2 Å². The van der Waals surface area contributed by atoms with Crippen LogP contribution in [0.4, 0.5) is 5.82 Å². The third-order valence-corrected chi connectivity index (χ3v) is 5.50. The van der Waals surface area contributed by atoms with Crippen LogP contribution in [0.15, 0.2) is 82.2 Å². The van der Waals surface area contributed by atoms with Gasteiger partial charge < -0.3 is 5.32 Å². The molecule has 0 aliphatic carbocycles. The number of sulfonamides is 1. The molecule has 3 rings (SSSR count). The zero-order valence-electron chi connectivity index (χ0n) is 14.6. The molecule has 0 fully saturated rings. The van der Waals surface area contributed by atoms with Crippen molar-refractivity contribution < 1.29 is 8.42 Å². The van der Waals surface area contributed by atoms with E-state index in [2.05, 4.69) is 14.7 Å². The van der Waals surface area contributed by atoms with Gasteiger partial charge in [0.25, 0.3) is 10.0 Å². The van der Waals surface area contributed by atoms with E-state index in [0.29, 0.717) is 10.8 Å². The van der Waals surface area contributed by atoms with Gasteiger partial charge in [-0.05, 0) is 42.8 Å². The largest absolute Gasteiger partial charge is 0.327 e. The summed E-state index contributed by atoms with van der Waals surface area (Å²) in [5.74, 6) is 0.741. The Bertz CT molecular complexity index is 1050. The molecular weight excluding hydrogens is 382 g/mol. The van der Waals surface area contributed by atoms with E-state index in [-0.39, 0.29) is 17.2 Å². The van der Waals surface area contributed by atoms with Crippen LogP contribution in [-0.2, 0) is 16.4 Å². The fourth-order valence-corrected chi connectivity index (χ4v) is 3.60. The molecule has 0 atom stereocenters. The number of benzene rings is 2. The standard InChI is InChI=1S/C20H18ClN3O2S/c1-15-9-11-17(12-10-15)27(25,26)24-20(23-19-8-4-5-13-22-19)14-16-6-2-3-7-18(16)21/h2-13H,14H2,1H3,(H,22,23,24). The lowest BCUT2D eigenvalue weighted by molar-refractivity contribution is 0.598. The molecule has 7 heteroatoms. The van der Waals surface area contributed by atoms with Crippen molar-refractivity contribution >= 4 is 33.3 Å². The summed E-state index contributed by atoms with van der Waals surface area (Å²) in [5, 5.41) is 3.54. The monoisotopic (exact) mass is 399 g/mol. The first-order valence-corrected chi connectivity index (χ1v) is 10.1. The van der Waals surface area contributed by atoms with Gasteiger partial charge in [-0.15, -0.1) is 4.40 Å². The normalized spacial score (nSPS) is 12.0. The van der Waals surface area contributed by atoms with Crippen molar-refractivity contribution in [3.63, 3.8) is 0 Å². The number of hydrogen-bond acceptors (Lipinski definition) is 3. The molecule has 5 nitrogen and oxygen atoms in total.